The van der Waals surface area contributed by atoms with Gasteiger partial charge in [0.1, 0.15) is 5.82 Å². The molecule has 0 aliphatic heterocycles. The van der Waals surface area contributed by atoms with Crippen LogP contribution in [0.15, 0.2) is 18.3 Å². The summed E-state index contributed by atoms with van der Waals surface area (Å²) in [6, 6.07) is 1.99. The Morgan fingerprint density at radius 2 is 2.33 bits per heavy atom. The molecule has 0 unspecified atom stereocenters. The maximum absolute atomic E-state index is 12.9. The Bertz CT molecular complexity index is 265. The van der Waals surface area contributed by atoms with E-state index in [9.17, 15) is 4.39 Å². The Balaban J connectivity index is 2.94. The van der Waals surface area contributed by atoms with Gasteiger partial charge in [-0.25, -0.2) is 4.39 Å². The van der Waals surface area contributed by atoms with Gasteiger partial charge < -0.3 is 10.8 Å². The van der Waals surface area contributed by atoms with Crippen LogP contribution in [0.5, 0.6) is 0 Å². The Labute approximate surface area is 70.0 Å². The fourth-order valence-corrected chi connectivity index (χ4v) is 0.872. The lowest BCUT2D eigenvalue weighted by Crippen LogP contribution is -2.25. The molecule has 66 valence electrons. The van der Waals surface area contributed by atoms with Crippen molar-refractivity contribution in [3.05, 3.63) is 29.8 Å². The van der Waals surface area contributed by atoms with E-state index in [0.717, 1.165) is 0 Å². The highest BCUT2D eigenvalue weighted by Gasteiger charge is 2.16. The van der Waals surface area contributed by atoms with Crippen molar-refractivity contribution in [2.24, 2.45) is 5.73 Å². The molecule has 3 nitrogen and oxygen atoms in total. The van der Waals surface area contributed by atoms with E-state index in [0.29, 0.717) is 0 Å². The molecular weight excluding hydrogens is 159 g/mol. The number of hydrogen-bond donors (Lipinski definition) is 2. The molecule has 0 saturated heterocycles. The summed E-state index contributed by atoms with van der Waals surface area (Å²) in [5.74, 6) is -0.481. The molecule has 0 aliphatic rings. The standard InChI is InChI=1S/C8H11FN2O/c1-5(12)7(10)8-6(9)3-2-4-11-8/h2-5,7,12H,10H2,1H3/t5-,7+/m0/s1. The third kappa shape index (κ3) is 1.78. The number of nitrogens with zero attached hydrogens (tertiary/aromatic N) is 1. The van der Waals surface area contributed by atoms with E-state index in [1.807, 2.05) is 0 Å². The first-order chi connectivity index (χ1) is 5.63. The summed E-state index contributed by atoms with van der Waals surface area (Å²) in [7, 11) is 0. The van der Waals surface area contributed by atoms with Crippen LogP contribution in [0.3, 0.4) is 0 Å². The minimum atomic E-state index is -0.797. The summed E-state index contributed by atoms with van der Waals surface area (Å²) in [4.78, 5) is 3.74. The number of nitrogens with two attached hydrogens (primary N) is 1. The normalized spacial score (nSPS) is 15.7. The molecule has 0 bridgehead atoms. The average molecular weight is 170 g/mol. The molecular formula is C8H11FN2O. The molecule has 0 amide bonds. The second-order valence-corrected chi connectivity index (χ2v) is 2.64. The lowest BCUT2D eigenvalue weighted by atomic mass is 10.1. The van der Waals surface area contributed by atoms with Crippen molar-refractivity contribution in [1.82, 2.24) is 4.98 Å². The van der Waals surface area contributed by atoms with Gasteiger partial charge in [0.05, 0.1) is 17.8 Å². The Morgan fingerprint density at radius 1 is 1.67 bits per heavy atom. The fraction of sp³-hybridized carbons (Fsp3) is 0.375. The molecule has 1 aromatic rings. The third-order valence-corrected chi connectivity index (χ3v) is 1.62. The van der Waals surface area contributed by atoms with Crippen LogP contribution in [0.2, 0.25) is 0 Å². The van der Waals surface area contributed by atoms with E-state index in [2.05, 4.69) is 4.98 Å². The highest BCUT2D eigenvalue weighted by atomic mass is 19.1. The number of aliphatic hydroxyl groups excluding tert-OH is 1. The molecule has 0 fully saturated rings. The minimum absolute atomic E-state index is 0.104. The molecule has 1 aromatic heterocycles. The molecule has 0 spiro atoms. The van der Waals surface area contributed by atoms with Gasteiger partial charge in [0.25, 0.3) is 0 Å². The van der Waals surface area contributed by atoms with E-state index in [1.54, 1.807) is 0 Å². The van der Waals surface area contributed by atoms with Gasteiger partial charge >= 0.3 is 0 Å². The summed E-state index contributed by atoms with van der Waals surface area (Å²) in [6.07, 6.45) is 0.648. The van der Waals surface area contributed by atoms with Crippen LogP contribution in [0.4, 0.5) is 4.39 Å². The van der Waals surface area contributed by atoms with E-state index in [1.165, 1.54) is 25.3 Å². The first kappa shape index (κ1) is 9.09. The minimum Gasteiger partial charge on any atom is -0.391 e. The van der Waals surface area contributed by atoms with Gasteiger partial charge in [0.15, 0.2) is 0 Å². The maximum atomic E-state index is 12.9. The third-order valence-electron chi connectivity index (χ3n) is 1.62. The molecule has 1 rings (SSSR count). The lowest BCUT2D eigenvalue weighted by Gasteiger charge is -2.13. The smallest absolute Gasteiger partial charge is 0.146 e. The van der Waals surface area contributed by atoms with Crippen molar-refractivity contribution in [3.8, 4) is 0 Å². The lowest BCUT2D eigenvalue weighted by molar-refractivity contribution is 0.160. The molecule has 0 radical (unpaired) electrons. The highest BCUT2D eigenvalue weighted by Crippen LogP contribution is 2.14. The van der Waals surface area contributed by atoms with Crippen molar-refractivity contribution < 1.29 is 9.50 Å². The summed E-state index contributed by atoms with van der Waals surface area (Å²) < 4.78 is 12.9. The quantitative estimate of drug-likeness (QED) is 0.683. The van der Waals surface area contributed by atoms with E-state index in [-0.39, 0.29) is 5.69 Å². The molecule has 3 N–H and O–H groups in total. The van der Waals surface area contributed by atoms with Gasteiger partial charge in [0.2, 0.25) is 0 Å². The maximum Gasteiger partial charge on any atom is 0.146 e. The molecule has 12 heavy (non-hydrogen) atoms. The van der Waals surface area contributed by atoms with Crippen molar-refractivity contribution in [2.75, 3.05) is 0 Å². The van der Waals surface area contributed by atoms with Crippen LogP contribution in [0.1, 0.15) is 18.7 Å². The zero-order valence-corrected chi connectivity index (χ0v) is 6.74. The number of hydrogen-bond acceptors (Lipinski definition) is 3. The fourth-order valence-electron chi connectivity index (χ4n) is 0.872. The topological polar surface area (TPSA) is 59.1 Å². The van der Waals surface area contributed by atoms with Crippen molar-refractivity contribution in [2.45, 2.75) is 19.1 Å². The van der Waals surface area contributed by atoms with Gasteiger partial charge in [-0.15, -0.1) is 0 Å². The van der Waals surface area contributed by atoms with Crippen LogP contribution < -0.4 is 5.73 Å². The van der Waals surface area contributed by atoms with Crippen molar-refractivity contribution in [3.63, 3.8) is 0 Å². The highest BCUT2D eigenvalue weighted by molar-refractivity contribution is 5.11. The average Bonchev–Trinajstić information content (AvgIpc) is 2.04. The molecule has 0 saturated carbocycles. The Morgan fingerprint density at radius 3 is 2.83 bits per heavy atom. The Hall–Kier alpha value is -1.00. The SMILES string of the molecule is C[C@H](O)[C@@H](N)c1ncccc1F. The Kier molecular flexibility index (Phi) is 2.73. The van der Waals surface area contributed by atoms with Crippen LogP contribution in [-0.4, -0.2) is 16.2 Å². The summed E-state index contributed by atoms with van der Waals surface area (Å²) in [5.41, 5.74) is 5.59. The van der Waals surface area contributed by atoms with E-state index < -0.39 is 18.0 Å². The summed E-state index contributed by atoms with van der Waals surface area (Å²) in [5, 5.41) is 9.07. The monoisotopic (exact) mass is 170 g/mol. The van der Waals surface area contributed by atoms with Crippen LogP contribution in [0, 0.1) is 5.82 Å². The van der Waals surface area contributed by atoms with Crippen LogP contribution in [-0.2, 0) is 0 Å². The number of halogens is 1. The van der Waals surface area contributed by atoms with E-state index in [4.69, 9.17) is 10.8 Å². The van der Waals surface area contributed by atoms with E-state index >= 15 is 0 Å². The van der Waals surface area contributed by atoms with Crippen LogP contribution in [0.25, 0.3) is 0 Å². The first-order valence-electron chi connectivity index (χ1n) is 3.67. The second kappa shape index (κ2) is 3.60. The largest absolute Gasteiger partial charge is 0.391 e. The number of aromatic nitrogens is 1. The zero-order chi connectivity index (χ0) is 9.14. The number of rotatable bonds is 2. The molecule has 4 heteroatoms. The zero-order valence-electron chi connectivity index (χ0n) is 6.74. The first-order valence-corrected chi connectivity index (χ1v) is 3.67. The predicted octanol–water partition coefficient (Wildman–Crippen LogP) is 0.601. The predicted molar refractivity (Wildman–Crippen MR) is 42.8 cm³/mol. The van der Waals surface area contributed by atoms with Gasteiger partial charge in [-0.2, -0.15) is 0 Å². The molecule has 0 aromatic carbocycles. The second-order valence-electron chi connectivity index (χ2n) is 2.64. The molecule has 0 aliphatic carbocycles. The summed E-state index contributed by atoms with van der Waals surface area (Å²) >= 11 is 0. The van der Waals surface area contributed by atoms with Crippen molar-refractivity contribution >= 4 is 0 Å². The van der Waals surface area contributed by atoms with Crippen molar-refractivity contribution in [1.29, 1.82) is 0 Å². The van der Waals surface area contributed by atoms with Gasteiger partial charge in [-0.3, -0.25) is 4.98 Å². The molecule has 1 heterocycles. The van der Waals surface area contributed by atoms with Gasteiger partial charge in [0, 0.05) is 6.20 Å². The summed E-state index contributed by atoms with van der Waals surface area (Å²) in [6.45, 7) is 1.50. The van der Waals surface area contributed by atoms with Gasteiger partial charge in [-0.1, -0.05) is 0 Å². The molecule has 2 atom stereocenters. The van der Waals surface area contributed by atoms with Gasteiger partial charge in [-0.05, 0) is 19.1 Å². The number of pyridine rings is 1. The van der Waals surface area contributed by atoms with Crippen LogP contribution >= 0.6 is 0 Å². The number of aliphatic hydroxyl groups is 1.